The fourth-order valence-corrected chi connectivity index (χ4v) is 3.48. The number of methoxy groups -OCH3 is 1. The number of carbonyl (C=O) groups is 1. The molecule has 1 amide bonds. The van der Waals surface area contributed by atoms with Crippen molar-refractivity contribution in [2.24, 2.45) is 10.5 Å². The van der Waals surface area contributed by atoms with Gasteiger partial charge >= 0.3 is 0 Å². The number of hydrazone groups is 1. The maximum Gasteiger partial charge on any atom is 0.260 e. The number of ether oxygens (including phenoxy) is 1. The summed E-state index contributed by atoms with van der Waals surface area (Å²) in [5.41, 5.74) is 3.12. The summed E-state index contributed by atoms with van der Waals surface area (Å²) in [6.07, 6.45) is 6.75. The van der Waals surface area contributed by atoms with Crippen molar-refractivity contribution in [2.45, 2.75) is 26.7 Å². The minimum absolute atomic E-state index is 0.00150. The van der Waals surface area contributed by atoms with E-state index in [1.807, 2.05) is 74.5 Å². The first-order valence-electron chi connectivity index (χ1n) is 9.37. The predicted octanol–water partition coefficient (Wildman–Crippen LogP) is 5.09. The van der Waals surface area contributed by atoms with E-state index in [9.17, 15) is 4.79 Å². The van der Waals surface area contributed by atoms with Gasteiger partial charge in [0, 0.05) is 0 Å². The molecule has 28 heavy (non-hydrogen) atoms. The van der Waals surface area contributed by atoms with Gasteiger partial charge in [-0.3, -0.25) is 4.79 Å². The van der Waals surface area contributed by atoms with Crippen molar-refractivity contribution in [1.82, 2.24) is 0 Å². The second kappa shape index (κ2) is 8.26. The minimum atomic E-state index is -0.709. The summed E-state index contributed by atoms with van der Waals surface area (Å²) >= 11 is 0. The molecular weight excluding hydrogens is 348 g/mol. The molecule has 2 aromatic carbocycles. The van der Waals surface area contributed by atoms with Gasteiger partial charge in [-0.25, -0.2) is 0 Å². The zero-order valence-corrected chi connectivity index (χ0v) is 16.7. The van der Waals surface area contributed by atoms with E-state index >= 15 is 0 Å². The van der Waals surface area contributed by atoms with Gasteiger partial charge in [0.15, 0.2) is 0 Å². The number of hydrogen-bond donors (Lipinski definition) is 0. The summed E-state index contributed by atoms with van der Waals surface area (Å²) in [5, 5.41) is 6.19. The van der Waals surface area contributed by atoms with E-state index in [0.717, 1.165) is 28.3 Å². The van der Waals surface area contributed by atoms with Gasteiger partial charge in [0.1, 0.15) is 5.75 Å². The normalized spacial score (nSPS) is 19.2. The Balaban J connectivity index is 1.97. The van der Waals surface area contributed by atoms with Crippen LogP contribution in [0.3, 0.4) is 0 Å². The molecule has 1 heterocycles. The highest BCUT2D eigenvalue weighted by Crippen LogP contribution is 2.39. The van der Waals surface area contributed by atoms with E-state index in [0.29, 0.717) is 12.8 Å². The van der Waals surface area contributed by atoms with Crippen molar-refractivity contribution in [3.05, 3.63) is 84.5 Å². The molecule has 2 aromatic rings. The first-order chi connectivity index (χ1) is 13.5. The number of nitrogens with zero attached hydrogens (tertiary/aromatic N) is 2. The van der Waals surface area contributed by atoms with Crippen LogP contribution in [0.2, 0.25) is 0 Å². The molecule has 0 spiro atoms. The zero-order valence-electron chi connectivity index (χ0n) is 16.7. The van der Waals surface area contributed by atoms with Crippen LogP contribution in [0, 0.1) is 12.3 Å². The third-order valence-corrected chi connectivity index (χ3v) is 5.23. The molecule has 0 fully saturated rings. The average Bonchev–Trinajstić information content (AvgIpc) is 2.94. The lowest BCUT2D eigenvalue weighted by Gasteiger charge is -2.27. The molecule has 0 aliphatic carbocycles. The Morgan fingerprint density at radius 3 is 2.39 bits per heavy atom. The largest absolute Gasteiger partial charge is 0.497 e. The Bertz CT molecular complexity index is 911. The predicted molar refractivity (Wildman–Crippen MR) is 115 cm³/mol. The van der Waals surface area contributed by atoms with Gasteiger partial charge in [-0.1, -0.05) is 54.6 Å². The highest BCUT2D eigenvalue weighted by atomic mass is 16.5. The monoisotopic (exact) mass is 374 g/mol. The van der Waals surface area contributed by atoms with Crippen LogP contribution in [0.25, 0.3) is 0 Å². The van der Waals surface area contributed by atoms with Crippen LogP contribution in [0.15, 0.2) is 78.4 Å². The molecule has 0 bridgehead atoms. The van der Waals surface area contributed by atoms with E-state index < -0.39 is 5.41 Å². The number of allylic oxidation sites excluding steroid dienone is 3. The number of aryl methyl sites for hydroxylation is 1. The topological polar surface area (TPSA) is 41.9 Å². The Morgan fingerprint density at radius 2 is 1.79 bits per heavy atom. The van der Waals surface area contributed by atoms with Gasteiger partial charge in [0.2, 0.25) is 0 Å². The second-order valence-electron chi connectivity index (χ2n) is 7.11. The average molecular weight is 374 g/mol. The first-order valence-corrected chi connectivity index (χ1v) is 9.37. The molecule has 3 rings (SSSR count). The third-order valence-electron chi connectivity index (χ3n) is 5.23. The van der Waals surface area contributed by atoms with Gasteiger partial charge in [-0.2, -0.15) is 10.1 Å². The van der Waals surface area contributed by atoms with Crippen molar-refractivity contribution in [3.8, 4) is 5.75 Å². The number of anilines is 1. The quantitative estimate of drug-likeness (QED) is 0.634. The van der Waals surface area contributed by atoms with Crippen LogP contribution in [0.1, 0.15) is 24.5 Å². The van der Waals surface area contributed by atoms with Crippen LogP contribution in [-0.2, 0) is 11.2 Å². The molecule has 4 nitrogen and oxygen atoms in total. The van der Waals surface area contributed by atoms with Crippen LogP contribution >= 0.6 is 0 Å². The van der Waals surface area contributed by atoms with Gasteiger partial charge in [-0.05, 0) is 56.5 Å². The third kappa shape index (κ3) is 3.77. The van der Waals surface area contributed by atoms with Crippen molar-refractivity contribution in [3.63, 3.8) is 0 Å². The van der Waals surface area contributed by atoms with Crippen molar-refractivity contribution in [2.75, 3.05) is 12.1 Å². The fraction of sp³-hybridized carbons (Fsp3) is 0.250. The highest BCUT2D eigenvalue weighted by Gasteiger charge is 2.48. The highest BCUT2D eigenvalue weighted by molar-refractivity contribution is 6.18. The maximum absolute atomic E-state index is 13.6. The summed E-state index contributed by atoms with van der Waals surface area (Å²) in [5.74, 6) is 0.798. The lowest BCUT2D eigenvalue weighted by molar-refractivity contribution is -0.123. The van der Waals surface area contributed by atoms with E-state index in [-0.39, 0.29) is 5.91 Å². The minimum Gasteiger partial charge on any atom is -0.497 e. The Kier molecular flexibility index (Phi) is 5.78. The zero-order chi connectivity index (χ0) is 20.1. The lowest BCUT2D eigenvalue weighted by Crippen LogP contribution is -2.40. The van der Waals surface area contributed by atoms with Crippen LogP contribution < -0.4 is 9.75 Å². The number of benzene rings is 2. The van der Waals surface area contributed by atoms with Crippen molar-refractivity contribution < 1.29 is 9.53 Å². The number of rotatable bonds is 7. The number of carbonyl (C=O) groups excluding carboxylic acids is 1. The molecule has 0 radical (unpaired) electrons. The van der Waals surface area contributed by atoms with Crippen LogP contribution in [0.5, 0.6) is 5.75 Å². The fourth-order valence-electron chi connectivity index (χ4n) is 3.48. The van der Waals surface area contributed by atoms with E-state index in [4.69, 9.17) is 4.74 Å². The Morgan fingerprint density at radius 1 is 1.11 bits per heavy atom. The molecule has 4 heteroatoms. The first kappa shape index (κ1) is 19.6. The maximum atomic E-state index is 13.6. The number of amides is 1. The molecule has 0 N–H and O–H groups in total. The molecule has 144 valence electrons. The van der Waals surface area contributed by atoms with Crippen molar-refractivity contribution >= 4 is 17.3 Å². The molecule has 1 atom stereocenters. The molecular formula is C24H26N2O2. The second-order valence-corrected chi connectivity index (χ2v) is 7.11. The number of hydrogen-bond acceptors (Lipinski definition) is 3. The standard InChI is InChI=1S/C24H26N2O2/c1-5-6-7-16-24(17-20-10-14-22(28-4)15-11-20)19(3)25-26(23(24)27)21-12-8-18(2)9-13-21/h5-15H,1,16-17H2,2-4H3/b7-6-/t24-/m1/s1. The van der Waals surface area contributed by atoms with Crippen LogP contribution in [0.4, 0.5) is 5.69 Å². The van der Waals surface area contributed by atoms with Crippen molar-refractivity contribution in [1.29, 1.82) is 0 Å². The summed E-state index contributed by atoms with van der Waals surface area (Å²) in [7, 11) is 1.65. The molecule has 0 unspecified atom stereocenters. The van der Waals surface area contributed by atoms with Gasteiger partial charge < -0.3 is 4.74 Å². The van der Waals surface area contributed by atoms with E-state index in [2.05, 4.69) is 11.7 Å². The van der Waals surface area contributed by atoms with Crippen LogP contribution in [-0.4, -0.2) is 18.7 Å². The summed E-state index contributed by atoms with van der Waals surface area (Å²) in [6, 6.07) is 15.7. The molecule has 1 aliphatic rings. The Labute approximate surface area is 166 Å². The molecule has 0 aromatic heterocycles. The summed E-state index contributed by atoms with van der Waals surface area (Å²) in [6.45, 7) is 7.70. The SMILES string of the molecule is C=C/C=C\C[C@]1(Cc2ccc(OC)cc2)C(=O)N(c2ccc(C)cc2)N=C1C. The molecule has 0 saturated heterocycles. The molecule has 0 saturated carbocycles. The van der Waals surface area contributed by atoms with E-state index in [1.54, 1.807) is 18.2 Å². The van der Waals surface area contributed by atoms with Gasteiger partial charge in [-0.15, -0.1) is 0 Å². The molecule has 1 aliphatic heterocycles. The Hall–Kier alpha value is -3.14. The van der Waals surface area contributed by atoms with Gasteiger partial charge in [0.25, 0.3) is 5.91 Å². The smallest absolute Gasteiger partial charge is 0.260 e. The summed E-state index contributed by atoms with van der Waals surface area (Å²) < 4.78 is 5.25. The van der Waals surface area contributed by atoms with E-state index in [1.165, 1.54) is 0 Å². The summed E-state index contributed by atoms with van der Waals surface area (Å²) in [4.78, 5) is 13.6. The van der Waals surface area contributed by atoms with Gasteiger partial charge in [0.05, 0.1) is 23.9 Å². The lowest BCUT2D eigenvalue weighted by atomic mass is 9.74.